The summed E-state index contributed by atoms with van der Waals surface area (Å²) >= 11 is 0. The SMILES string of the molecule is CCNCC(=O)N1CCCC(OC)C1. The molecule has 0 saturated carbocycles. The van der Waals surface area contributed by atoms with E-state index in [1.54, 1.807) is 7.11 Å². The molecule has 1 rings (SSSR count). The second kappa shape index (κ2) is 5.98. The van der Waals surface area contributed by atoms with Crippen molar-refractivity contribution in [1.29, 1.82) is 0 Å². The van der Waals surface area contributed by atoms with Crippen molar-refractivity contribution in [3.63, 3.8) is 0 Å². The minimum Gasteiger partial charge on any atom is -0.380 e. The second-order valence-corrected chi connectivity index (χ2v) is 3.62. The highest BCUT2D eigenvalue weighted by atomic mass is 16.5. The Morgan fingerprint density at radius 2 is 2.43 bits per heavy atom. The number of hydrogen-bond acceptors (Lipinski definition) is 3. The zero-order chi connectivity index (χ0) is 10.4. The Morgan fingerprint density at radius 3 is 3.07 bits per heavy atom. The van der Waals surface area contributed by atoms with E-state index in [1.807, 2.05) is 11.8 Å². The molecule has 0 aliphatic carbocycles. The third-order valence-corrected chi connectivity index (χ3v) is 2.59. The first-order valence-electron chi connectivity index (χ1n) is 5.29. The van der Waals surface area contributed by atoms with Gasteiger partial charge in [-0.2, -0.15) is 0 Å². The Hall–Kier alpha value is -0.610. The quantitative estimate of drug-likeness (QED) is 0.706. The molecular weight excluding hydrogens is 180 g/mol. The van der Waals surface area contributed by atoms with E-state index in [0.29, 0.717) is 6.54 Å². The van der Waals surface area contributed by atoms with Gasteiger partial charge in [-0.05, 0) is 19.4 Å². The smallest absolute Gasteiger partial charge is 0.236 e. The predicted octanol–water partition coefficient (Wildman–Crippen LogP) is 0.233. The monoisotopic (exact) mass is 200 g/mol. The van der Waals surface area contributed by atoms with Crippen LogP contribution in [0.2, 0.25) is 0 Å². The normalized spacial score (nSPS) is 22.4. The van der Waals surface area contributed by atoms with Crippen molar-refractivity contribution in [2.75, 3.05) is 33.3 Å². The van der Waals surface area contributed by atoms with Crippen LogP contribution in [-0.4, -0.2) is 50.2 Å². The van der Waals surface area contributed by atoms with E-state index in [0.717, 1.165) is 32.5 Å². The van der Waals surface area contributed by atoms with Gasteiger partial charge >= 0.3 is 0 Å². The van der Waals surface area contributed by atoms with Crippen LogP contribution in [0.25, 0.3) is 0 Å². The van der Waals surface area contributed by atoms with Crippen molar-refractivity contribution in [3.05, 3.63) is 0 Å². The Morgan fingerprint density at radius 1 is 1.64 bits per heavy atom. The summed E-state index contributed by atoms with van der Waals surface area (Å²) in [5, 5.41) is 3.05. The maximum atomic E-state index is 11.6. The first-order chi connectivity index (χ1) is 6.77. The number of methoxy groups -OCH3 is 1. The van der Waals surface area contributed by atoms with E-state index in [-0.39, 0.29) is 12.0 Å². The van der Waals surface area contributed by atoms with Gasteiger partial charge < -0.3 is 15.0 Å². The molecule has 0 aromatic heterocycles. The van der Waals surface area contributed by atoms with E-state index < -0.39 is 0 Å². The van der Waals surface area contributed by atoms with E-state index in [1.165, 1.54) is 0 Å². The molecule has 4 nitrogen and oxygen atoms in total. The molecule has 14 heavy (non-hydrogen) atoms. The number of likely N-dealkylation sites (tertiary alicyclic amines) is 1. The minimum absolute atomic E-state index is 0.189. The van der Waals surface area contributed by atoms with Crippen molar-refractivity contribution < 1.29 is 9.53 Å². The number of carbonyl (C=O) groups is 1. The van der Waals surface area contributed by atoms with Crippen molar-refractivity contribution >= 4 is 5.91 Å². The van der Waals surface area contributed by atoms with Crippen LogP contribution >= 0.6 is 0 Å². The lowest BCUT2D eigenvalue weighted by molar-refractivity contribution is -0.133. The zero-order valence-corrected chi connectivity index (χ0v) is 9.08. The van der Waals surface area contributed by atoms with Crippen LogP contribution < -0.4 is 5.32 Å². The van der Waals surface area contributed by atoms with Gasteiger partial charge in [-0.3, -0.25) is 4.79 Å². The third kappa shape index (κ3) is 3.27. The molecule has 82 valence electrons. The third-order valence-electron chi connectivity index (χ3n) is 2.59. The fourth-order valence-corrected chi connectivity index (χ4v) is 1.70. The number of likely N-dealkylation sites (N-methyl/N-ethyl adjacent to an activating group) is 1. The lowest BCUT2D eigenvalue weighted by Crippen LogP contribution is -2.46. The van der Waals surface area contributed by atoms with Gasteiger partial charge in [-0.15, -0.1) is 0 Å². The number of amides is 1. The molecular formula is C10H20N2O2. The zero-order valence-electron chi connectivity index (χ0n) is 9.08. The highest BCUT2D eigenvalue weighted by Crippen LogP contribution is 2.12. The molecule has 0 aromatic carbocycles. The molecule has 1 aliphatic heterocycles. The lowest BCUT2D eigenvalue weighted by atomic mass is 10.1. The predicted molar refractivity (Wildman–Crippen MR) is 55.2 cm³/mol. The number of rotatable bonds is 4. The molecule has 1 saturated heterocycles. The summed E-state index contributed by atoms with van der Waals surface area (Å²) in [6.45, 7) is 4.92. The van der Waals surface area contributed by atoms with Gasteiger partial charge in [0.1, 0.15) is 0 Å². The van der Waals surface area contributed by atoms with Crippen LogP contribution in [0.3, 0.4) is 0 Å². The maximum absolute atomic E-state index is 11.6. The number of carbonyl (C=O) groups excluding carboxylic acids is 1. The Labute approximate surface area is 85.6 Å². The first kappa shape index (κ1) is 11.5. The Balaban J connectivity index is 2.31. The molecule has 1 atom stereocenters. The summed E-state index contributed by atoms with van der Waals surface area (Å²) in [6, 6.07) is 0. The van der Waals surface area contributed by atoms with E-state index in [4.69, 9.17) is 4.74 Å². The van der Waals surface area contributed by atoms with Gasteiger partial charge in [0, 0.05) is 20.2 Å². The van der Waals surface area contributed by atoms with Gasteiger partial charge in [-0.25, -0.2) is 0 Å². The van der Waals surface area contributed by atoms with E-state index >= 15 is 0 Å². The van der Waals surface area contributed by atoms with Gasteiger partial charge in [-0.1, -0.05) is 6.92 Å². The summed E-state index contributed by atoms with van der Waals surface area (Å²) in [5.74, 6) is 0.189. The minimum atomic E-state index is 0.189. The maximum Gasteiger partial charge on any atom is 0.236 e. The number of hydrogen-bond donors (Lipinski definition) is 1. The largest absolute Gasteiger partial charge is 0.380 e. The highest BCUT2D eigenvalue weighted by molar-refractivity contribution is 5.78. The molecule has 0 radical (unpaired) electrons. The fourth-order valence-electron chi connectivity index (χ4n) is 1.70. The summed E-state index contributed by atoms with van der Waals surface area (Å²) in [5.41, 5.74) is 0. The average molecular weight is 200 g/mol. The number of ether oxygens (including phenoxy) is 1. The van der Waals surface area contributed by atoms with Gasteiger partial charge in [0.2, 0.25) is 5.91 Å². The highest BCUT2D eigenvalue weighted by Gasteiger charge is 2.22. The fraction of sp³-hybridized carbons (Fsp3) is 0.900. The van der Waals surface area contributed by atoms with Gasteiger partial charge in [0.05, 0.1) is 12.6 Å². The summed E-state index contributed by atoms with van der Waals surface area (Å²) in [6.07, 6.45) is 2.35. The van der Waals surface area contributed by atoms with E-state index in [2.05, 4.69) is 5.32 Å². The van der Waals surface area contributed by atoms with Crippen molar-refractivity contribution in [2.24, 2.45) is 0 Å². The molecule has 1 unspecified atom stereocenters. The van der Waals surface area contributed by atoms with Gasteiger partial charge in [0.15, 0.2) is 0 Å². The molecule has 1 aliphatic rings. The molecule has 1 N–H and O–H groups in total. The van der Waals surface area contributed by atoms with Crippen LogP contribution in [0, 0.1) is 0 Å². The number of nitrogens with zero attached hydrogens (tertiary/aromatic N) is 1. The van der Waals surface area contributed by atoms with Crippen LogP contribution in [0.1, 0.15) is 19.8 Å². The standard InChI is InChI=1S/C10H20N2O2/c1-3-11-7-10(13)12-6-4-5-9(8-12)14-2/h9,11H,3-8H2,1-2H3. The van der Waals surface area contributed by atoms with Crippen LogP contribution in [-0.2, 0) is 9.53 Å². The number of piperidine rings is 1. The average Bonchev–Trinajstić information content (AvgIpc) is 2.26. The summed E-state index contributed by atoms with van der Waals surface area (Å²) in [4.78, 5) is 13.5. The lowest BCUT2D eigenvalue weighted by Gasteiger charge is -2.32. The summed E-state index contributed by atoms with van der Waals surface area (Å²) < 4.78 is 5.26. The van der Waals surface area contributed by atoms with Gasteiger partial charge in [0.25, 0.3) is 0 Å². The number of nitrogens with one attached hydrogen (secondary N) is 1. The first-order valence-corrected chi connectivity index (χ1v) is 5.29. The molecule has 1 amide bonds. The molecule has 4 heteroatoms. The van der Waals surface area contributed by atoms with Crippen molar-refractivity contribution in [2.45, 2.75) is 25.9 Å². The Kier molecular flexibility index (Phi) is 4.90. The van der Waals surface area contributed by atoms with Crippen LogP contribution in [0.15, 0.2) is 0 Å². The van der Waals surface area contributed by atoms with Crippen LogP contribution in [0.4, 0.5) is 0 Å². The van der Waals surface area contributed by atoms with E-state index in [9.17, 15) is 4.79 Å². The molecule has 0 bridgehead atoms. The second-order valence-electron chi connectivity index (χ2n) is 3.62. The molecule has 1 fully saturated rings. The Bertz CT molecular complexity index is 185. The molecule has 0 spiro atoms. The summed E-state index contributed by atoms with van der Waals surface area (Å²) in [7, 11) is 1.71. The van der Waals surface area contributed by atoms with Crippen molar-refractivity contribution in [1.82, 2.24) is 10.2 Å². The molecule has 1 heterocycles. The van der Waals surface area contributed by atoms with Crippen molar-refractivity contribution in [3.8, 4) is 0 Å². The molecule has 0 aromatic rings. The van der Waals surface area contributed by atoms with Crippen LogP contribution in [0.5, 0.6) is 0 Å². The topological polar surface area (TPSA) is 41.6 Å².